The van der Waals surface area contributed by atoms with Crippen molar-refractivity contribution in [1.82, 2.24) is 4.90 Å². The average molecular weight is 225 g/mol. The standard InChI is InChI=1S/C11H15NO4/c13-6-12-5-9(15)11(16)10(12)7-1-3-8(14)4-2-7/h1-4,9-11,13-16H,5-6H2. The highest BCUT2D eigenvalue weighted by molar-refractivity contribution is 5.29. The van der Waals surface area contributed by atoms with Crippen LogP contribution in [0.15, 0.2) is 24.3 Å². The highest BCUT2D eigenvalue weighted by atomic mass is 16.3. The molecule has 88 valence electrons. The van der Waals surface area contributed by atoms with Crippen molar-refractivity contribution in [2.45, 2.75) is 18.2 Å². The number of aliphatic hydroxyl groups is 3. The molecule has 1 fully saturated rings. The summed E-state index contributed by atoms with van der Waals surface area (Å²) in [5.41, 5.74) is 0.760. The van der Waals surface area contributed by atoms with E-state index in [4.69, 9.17) is 10.2 Å². The molecule has 0 saturated carbocycles. The normalized spacial score (nSPS) is 30.8. The zero-order chi connectivity index (χ0) is 11.7. The Kier molecular flexibility index (Phi) is 3.11. The maximum Gasteiger partial charge on any atom is 0.115 e. The van der Waals surface area contributed by atoms with Crippen LogP contribution in [-0.4, -0.2) is 50.8 Å². The molecule has 3 unspecified atom stereocenters. The summed E-state index contributed by atoms with van der Waals surface area (Å²) in [6.07, 6.45) is -1.78. The summed E-state index contributed by atoms with van der Waals surface area (Å²) in [5, 5.41) is 37.7. The number of likely N-dealkylation sites (tertiary alicyclic amines) is 1. The maximum absolute atomic E-state index is 9.82. The van der Waals surface area contributed by atoms with Gasteiger partial charge in [0, 0.05) is 6.54 Å². The third-order valence-electron chi connectivity index (χ3n) is 2.95. The van der Waals surface area contributed by atoms with Crippen molar-refractivity contribution in [2.75, 3.05) is 13.3 Å². The van der Waals surface area contributed by atoms with E-state index in [0.717, 1.165) is 5.56 Å². The molecule has 1 aliphatic rings. The number of phenolic OH excluding ortho intramolecular Hbond substituents is 1. The van der Waals surface area contributed by atoms with E-state index in [9.17, 15) is 10.2 Å². The second kappa shape index (κ2) is 4.39. The summed E-state index contributed by atoms with van der Waals surface area (Å²) in [5.74, 6) is 0.146. The molecule has 5 nitrogen and oxygen atoms in total. The number of β-amino-alcohol motifs (C(OH)–C–C–N with tert-alkyl or cyclic N) is 1. The van der Waals surface area contributed by atoms with Gasteiger partial charge in [-0.2, -0.15) is 0 Å². The fraction of sp³-hybridized carbons (Fsp3) is 0.455. The van der Waals surface area contributed by atoms with E-state index in [0.29, 0.717) is 0 Å². The van der Waals surface area contributed by atoms with Gasteiger partial charge >= 0.3 is 0 Å². The van der Waals surface area contributed by atoms with E-state index in [1.165, 1.54) is 12.1 Å². The molecule has 1 heterocycles. The number of aliphatic hydroxyl groups excluding tert-OH is 3. The summed E-state index contributed by atoms with van der Waals surface area (Å²) in [6.45, 7) is 0.0167. The van der Waals surface area contributed by atoms with E-state index >= 15 is 0 Å². The highest BCUT2D eigenvalue weighted by Gasteiger charge is 2.40. The fourth-order valence-corrected chi connectivity index (χ4v) is 2.11. The van der Waals surface area contributed by atoms with Crippen molar-refractivity contribution < 1.29 is 20.4 Å². The van der Waals surface area contributed by atoms with E-state index in [1.807, 2.05) is 0 Å². The summed E-state index contributed by atoms with van der Waals surface area (Å²) in [7, 11) is 0. The van der Waals surface area contributed by atoms with Crippen molar-refractivity contribution >= 4 is 0 Å². The SMILES string of the molecule is OCN1CC(O)C(O)C1c1ccc(O)cc1. The van der Waals surface area contributed by atoms with Crippen molar-refractivity contribution in [3.63, 3.8) is 0 Å². The topological polar surface area (TPSA) is 84.2 Å². The number of phenols is 1. The number of hydrogen-bond acceptors (Lipinski definition) is 5. The minimum atomic E-state index is -0.920. The smallest absolute Gasteiger partial charge is 0.115 e. The molecule has 1 aliphatic heterocycles. The number of nitrogens with zero attached hydrogens (tertiary/aromatic N) is 1. The van der Waals surface area contributed by atoms with E-state index in [1.54, 1.807) is 17.0 Å². The van der Waals surface area contributed by atoms with Crippen molar-refractivity contribution in [3.8, 4) is 5.75 Å². The molecule has 0 aliphatic carbocycles. The predicted octanol–water partition coefficient (Wildman–Crippen LogP) is -0.580. The molecular weight excluding hydrogens is 210 g/mol. The van der Waals surface area contributed by atoms with Gasteiger partial charge in [0.25, 0.3) is 0 Å². The van der Waals surface area contributed by atoms with Gasteiger partial charge < -0.3 is 20.4 Å². The minimum absolute atomic E-state index is 0.146. The van der Waals surface area contributed by atoms with Crippen LogP contribution >= 0.6 is 0 Å². The molecule has 1 aromatic carbocycles. The molecule has 4 N–H and O–H groups in total. The lowest BCUT2D eigenvalue weighted by Gasteiger charge is -2.24. The molecule has 2 rings (SSSR count). The molecule has 0 radical (unpaired) electrons. The Morgan fingerprint density at radius 1 is 1.19 bits per heavy atom. The van der Waals surface area contributed by atoms with Crippen molar-refractivity contribution in [2.24, 2.45) is 0 Å². The number of aromatic hydroxyl groups is 1. The monoisotopic (exact) mass is 225 g/mol. The number of rotatable bonds is 2. The Morgan fingerprint density at radius 3 is 2.38 bits per heavy atom. The van der Waals surface area contributed by atoms with E-state index in [-0.39, 0.29) is 19.0 Å². The maximum atomic E-state index is 9.82. The van der Waals surface area contributed by atoms with Crippen LogP contribution < -0.4 is 0 Å². The third kappa shape index (κ3) is 1.90. The highest BCUT2D eigenvalue weighted by Crippen LogP contribution is 2.32. The number of benzene rings is 1. The zero-order valence-electron chi connectivity index (χ0n) is 8.69. The molecule has 0 bridgehead atoms. The van der Waals surface area contributed by atoms with Gasteiger partial charge in [0.1, 0.15) is 11.9 Å². The molecule has 16 heavy (non-hydrogen) atoms. The second-order valence-electron chi connectivity index (χ2n) is 4.01. The van der Waals surface area contributed by atoms with E-state index < -0.39 is 18.2 Å². The third-order valence-corrected chi connectivity index (χ3v) is 2.95. The van der Waals surface area contributed by atoms with Crippen LogP contribution in [0.25, 0.3) is 0 Å². The van der Waals surface area contributed by atoms with Gasteiger partial charge in [0.05, 0.1) is 18.9 Å². The Bertz CT molecular complexity index is 354. The van der Waals surface area contributed by atoms with Crippen molar-refractivity contribution in [3.05, 3.63) is 29.8 Å². The average Bonchev–Trinajstić information content (AvgIpc) is 2.57. The first kappa shape index (κ1) is 11.3. The molecule has 3 atom stereocenters. The molecule has 0 spiro atoms. The van der Waals surface area contributed by atoms with Gasteiger partial charge in [-0.25, -0.2) is 0 Å². The van der Waals surface area contributed by atoms with Gasteiger partial charge in [-0.15, -0.1) is 0 Å². The Hall–Kier alpha value is -1.14. The number of hydrogen-bond donors (Lipinski definition) is 4. The quantitative estimate of drug-likeness (QED) is 0.541. The lowest BCUT2D eigenvalue weighted by Crippen LogP contribution is -2.28. The van der Waals surface area contributed by atoms with Crippen LogP contribution in [0.3, 0.4) is 0 Å². The molecule has 1 saturated heterocycles. The molecule has 0 aromatic heterocycles. The first-order chi connectivity index (χ1) is 7.63. The summed E-state index contributed by atoms with van der Waals surface area (Å²) in [6, 6.07) is 5.94. The van der Waals surface area contributed by atoms with Crippen LogP contribution in [-0.2, 0) is 0 Å². The summed E-state index contributed by atoms with van der Waals surface area (Å²) in [4.78, 5) is 1.59. The van der Waals surface area contributed by atoms with Gasteiger partial charge in [0.2, 0.25) is 0 Å². The van der Waals surface area contributed by atoms with Gasteiger partial charge in [-0.05, 0) is 17.7 Å². The van der Waals surface area contributed by atoms with Crippen LogP contribution in [0.5, 0.6) is 5.75 Å². The van der Waals surface area contributed by atoms with Crippen LogP contribution in [0.1, 0.15) is 11.6 Å². The summed E-state index contributed by atoms with van der Waals surface area (Å²) >= 11 is 0. The molecule has 0 amide bonds. The lowest BCUT2D eigenvalue weighted by molar-refractivity contribution is 0.0301. The largest absolute Gasteiger partial charge is 0.508 e. The first-order valence-electron chi connectivity index (χ1n) is 5.13. The Labute approximate surface area is 93.2 Å². The van der Waals surface area contributed by atoms with Gasteiger partial charge in [0.15, 0.2) is 0 Å². The molecular formula is C11H15NO4. The van der Waals surface area contributed by atoms with Crippen LogP contribution in [0.4, 0.5) is 0 Å². The van der Waals surface area contributed by atoms with E-state index in [2.05, 4.69) is 0 Å². The Balaban J connectivity index is 2.27. The van der Waals surface area contributed by atoms with Crippen molar-refractivity contribution in [1.29, 1.82) is 0 Å². The van der Waals surface area contributed by atoms with Crippen LogP contribution in [0.2, 0.25) is 0 Å². The summed E-state index contributed by atoms with van der Waals surface area (Å²) < 4.78 is 0. The van der Waals surface area contributed by atoms with Gasteiger partial charge in [-0.3, -0.25) is 4.90 Å². The zero-order valence-corrected chi connectivity index (χ0v) is 8.69. The second-order valence-corrected chi connectivity index (χ2v) is 4.01. The fourth-order valence-electron chi connectivity index (χ4n) is 2.11. The first-order valence-corrected chi connectivity index (χ1v) is 5.13. The van der Waals surface area contributed by atoms with Gasteiger partial charge in [-0.1, -0.05) is 12.1 Å². The van der Waals surface area contributed by atoms with Crippen LogP contribution in [0, 0.1) is 0 Å². The lowest BCUT2D eigenvalue weighted by atomic mass is 10.0. The minimum Gasteiger partial charge on any atom is -0.508 e. The molecule has 5 heteroatoms. The Morgan fingerprint density at radius 2 is 1.81 bits per heavy atom. The predicted molar refractivity (Wildman–Crippen MR) is 56.7 cm³/mol. The molecule has 1 aromatic rings.